The molecule has 114 valence electrons. The van der Waals surface area contributed by atoms with E-state index in [0.29, 0.717) is 18.4 Å². The first-order valence-corrected chi connectivity index (χ1v) is 7.93. The van der Waals surface area contributed by atoms with Gasteiger partial charge in [-0.25, -0.2) is 4.21 Å². The maximum Gasteiger partial charge on any atom is 0.153 e. The molecule has 6 heteroatoms. The molecular formula is C14H22O5S. The van der Waals surface area contributed by atoms with Crippen LogP contribution in [0.5, 0.6) is 5.75 Å². The molecule has 0 aliphatic carbocycles. The molecule has 1 rings (SSSR count). The average Bonchev–Trinajstić information content (AvgIpc) is 2.42. The zero-order chi connectivity index (χ0) is 15.1. The van der Waals surface area contributed by atoms with E-state index < -0.39 is 17.2 Å². The second kappa shape index (κ2) is 8.36. The summed E-state index contributed by atoms with van der Waals surface area (Å²) in [7, 11) is 0. The van der Waals surface area contributed by atoms with Crippen LogP contribution in [0.25, 0.3) is 0 Å². The van der Waals surface area contributed by atoms with Crippen LogP contribution in [0.4, 0.5) is 0 Å². The minimum atomic E-state index is -1.98. The summed E-state index contributed by atoms with van der Waals surface area (Å²) in [6, 6.07) is 5.30. The summed E-state index contributed by atoms with van der Waals surface area (Å²) in [5, 5.41) is 28.2. The molecule has 0 aliphatic rings. The van der Waals surface area contributed by atoms with Crippen molar-refractivity contribution < 1.29 is 24.1 Å². The fourth-order valence-corrected chi connectivity index (χ4v) is 2.83. The van der Waals surface area contributed by atoms with Crippen molar-refractivity contribution in [2.45, 2.75) is 38.2 Å². The van der Waals surface area contributed by atoms with Gasteiger partial charge in [0.25, 0.3) is 0 Å². The lowest BCUT2D eigenvalue weighted by molar-refractivity contribution is 0.0853. The Bertz CT molecular complexity index is 449. The molecule has 0 bridgehead atoms. The molecule has 3 atom stereocenters. The predicted molar refractivity (Wildman–Crippen MR) is 78.2 cm³/mol. The van der Waals surface area contributed by atoms with Crippen molar-refractivity contribution in [3.63, 3.8) is 0 Å². The first-order chi connectivity index (χ1) is 9.47. The summed E-state index contributed by atoms with van der Waals surface area (Å²) in [5.74, 6) is -0.219. The molecule has 0 amide bonds. The maximum atomic E-state index is 11.0. The predicted octanol–water partition coefficient (Wildman–Crippen LogP) is 1.39. The highest BCUT2D eigenvalue weighted by atomic mass is 32.2. The van der Waals surface area contributed by atoms with Gasteiger partial charge in [-0.1, -0.05) is 19.1 Å². The summed E-state index contributed by atoms with van der Waals surface area (Å²) in [6.45, 7) is 1.64. The number of benzene rings is 1. The lowest BCUT2D eigenvalue weighted by Gasteiger charge is -2.18. The fourth-order valence-electron chi connectivity index (χ4n) is 2.14. The fraction of sp³-hybridized carbons (Fsp3) is 0.571. The number of phenolic OH excluding ortho intramolecular Hbond substituents is 1. The lowest BCUT2D eigenvalue weighted by Crippen LogP contribution is -2.16. The van der Waals surface area contributed by atoms with Crippen LogP contribution in [0.2, 0.25) is 0 Å². The van der Waals surface area contributed by atoms with Gasteiger partial charge < -0.3 is 19.9 Å². The number of aliphatic hydroxyl groups is 2. The minimum absolute atomic E-state index is 0.00280. The Morgan fingerprint density at radius 3 is 2.50 bits per heavy atom. The molecule has 0 saturated heterocycles. The second-order valence-electron chi connectivity index (χ2n) is 4.85. The quantitative estimate of drug-likeness (QED) is 0.544. The van der Waals surface area contributed by atoms with E-state index in [1.165, 1.54) is 0 Å². The molecular weight excluding hydrogens is 280 g/mol. The third kappa shape index (κ3) is 5.20. The first-order valence-electron chi connectivity index (χ1n) is 6.66. The Hall–Kier alpha value is -0.950. The Morgan fingerprint density at radius 1 is 1.30 bits per heavy atom. The van der Waals surface area contributed by atoms with E-state index in [9.17, 15) is 14.4 Å². The number of hydrogen-bond donors (Lipinski definition) is 4. The zero-order valence-electron chi connectivity index (χ0n) is 11.5. The summed E-state index contributed by atoms with van der Waals surface area (Å²) < 4.78 is 20.1. The molecule has 20 heavy (non-hydrogen) atoms. The van der Waals surface area contributed by atoms with Gasteiger partial charge in [0, 0.05) is 5.92 Å². The molecule has 1 aromatic rings. The van der Waals surface area contributed by atoms with Gasteiger partial charge >= 0.3 is 0 Å². The van der Waals surface area contributed by atoms with Crippen molar-refractivity contribution >= 4 is 11.1 Å². The van der Waals surface area contributed by atoms with Gasteiger partial charge in [0.2, 0.25) is 0 Å². The molecule has 0 fully saturated rings. The SMILES string of the molecule is CCc1ccc(C(CCC(O)CO)CS(=O)O)c(O)c1. The van der Waals surface area contributed by atoms with Crippen LogP contribution in [-0.2, 0) is 17.5 Å². The molecule has 0 heterocycles. The van der Waals surface area contributed by atoms with Crippen molar-refractivity contribution in [2.24, 2.45) is 0 Å². The summed E-state index contributed by atoms with van der Waals surface area (Å²) in [5.41, 5.74) is 1.60. The van der Waals surface area contributed by atoms with Crippen molar-refractivity contribution in [1.82, 2.24) is 0 Å². The average molecular weight is 302 g/mol. The normalized spacial score (nSPS) is 15.8. The Kier molecular flexibility index (Phi) is 7.15. The van der Waals surface area contributed by atoms with E-state index >= 15 is 0 Å². The van der Waals surface area contributed by atoms with Crippen LogP contribution in [0.1, 0.15) is 36.8 Å². The molecule has 0 aliphatic heterocycles. The van der Waals surface area contributed by atoms with Crippen molar-refractivity contribution in [2.75, 3.05) is 12.4 Å². The van der Waals surface area contributed by atoms with Gasteiger partial charge in [-0.3, -0.25) is 0 Å². The van der Waals surface area contributed by atoms with E-state index in [1.54, 1.807) is 12.1 Å². The van der Waals surface area contributed by atoms with Crippen LogP contribution in [0.3, 0.4) is 0 Å². The summed E-state index contributed by atoms with van der Waals surface area (Å²) >= 11 is -1.98. The number of aromatic hydroxyl groups is 1. The maximum absolute atomic E-state index is 11.0. The number of phenols is 1. The van der Waals surface area contributed by atoms with Crippen molar-refractivity contribution in [3.05, 3.63) is 29.3 Å². The van der Waals surface area contributed by atoms with Crippen molar-refractivity contribution in [1.29, 1.82) is 0 Å². The van der Waals surface area contributed by atoms with Gasteiger partial charge in [-0.2, -0.15) is 0 Å². The molecule has 4 N–H and O–H groups in total. The largest absolute Gasteiger partial charge is 0.508 e. The number of rotatable bonds is 8. The highest BCUT2D eigenvalue weighted by molar-refractivity contribution is 7.79. The Labute approximate surface area is 121 Å². The van der Waals surface area contributed by atoms with Gasteiger partial charge in [0.1, 0.15) is 5.75 Å². The highest BCUT2D eigenvalue weighted by Gasteiger charge is 2.19. The molecule has 5 nitrogen and oxygen atoms in total. The van der Waals surface area contributed by atoms with Gasteiger partial charge in [0.15, 0.2) is 11.1 Å². The molecule has 0 aromatic heterocycles. The molecule has 1 aromatic carbocycles. The summed E-state index contributed by atoms with van der Waals surface area (Å²) in [4.78, 5) is 0. The standard InChI is InChI=1S/C14H22O5S/c1-2-10-3-6-13(14(17)7-10)11(9-20(18)19)4-5-12(16)8-15/h3,6-7,11-12,15-17H,2,4-5,8-9H2,1H3,(H,18,19). The van der Waals surface area contributed by atoms with Gasteiger partial charge in [-0.05, 0) is 36.5 Å². The Balaban J connectivity index is 2.89. The number of aliphatic hydroxyl groups excluding tert-OH is 2. The van der Waals surface area contributed by atoms with E-state index in [2.05, 4.69) is 0 Å². The summed E-state index contributed by atoms with van der Waals surface area (Å²) in [6.07, 6.45) is 0.690. The molecule has 3 unspecified atom stereocenters. The lowest BCUT2D eigenvalue weighted by atomic mass is 9.92. The zero-order valence-corrected chi connectivity index (χ0v) is 12.3. The van der Waals surface area contributed by atoms with E-state index in [1.807, 2.05) is 13.0 Å². The van der Waals surface area contributed by atoms with Gasteiger partial charge in [0.05, 0.1) is 18.5 Å². The van der Waals surface area contributed by atoms with Crippen LogP contribution in [0, 0.1) is 0 Å². The first kappa shape index (κ1) is 17.1. The van der Waals surface area contributed by atoms with Crippen LogP contribution < -0.4 is 0 Å². The monoisotopic (exact) mass is 302 g/mol. The Morgan fingerprint density at radius 2 is 2.00 bits per heavy atom. The number of aryl methyl sites for hydroxylation is 1. The van der Waals surface area contributed by atoms with E-state index in [-0.39, 0.29) is 24.0 Å². The molecule has 0 saturated carbocycles. The molecule has 0 radical (unpaired) electrons. The topological polar surface area (TPSA) is 98.0 Å². The van der Waals surface area contributed by atoms with Crippen LogP contribution in [-0.4, -0.2) is 42.5 Å². The minimum Gasteiger partial charge on any atom is -0.508 e. The number of hydrogen-bond acceptors (Lipinski definition) is 4. The van der Waals surface area contributed by atoms with Crippen LogP contribution >= 0.6 is 0 Å². The third-order valence-electron chi connectivity index (χ3n) is 3.35. The van der Waals surface area contributed by atoms with Gasteiger partial charge in [-0.15, -0.1) is 0 Å². The smallest absolute Gasteiger partial charge is 0.153 e. The van der Waals surface area contributed by atoms with E-state index in [0.717, 1.165) is 12.0 Å². The third-order valence-corrected chi connectivity index (χ3v) is 4.03. The van der Waals surface area contributed by atoms with Crippen LogP contribution in [0.15, 0.2) is 18.2 Å². The highest BCUT2D eigenvalue weighted by Crippen LogP contribution is 2.31. The van der Waals surface area contributed by atoms with E-state index in [4.69, 9.17) is 9.66 Å². The second-order valence-corrected chi connectivity index (χ2v) is 5.82. The molecule has 0 spiro atoms. The van der Waals surface area contributed by atoms with Crippen molar-refractivity contribution in [3.8, 4) is 5.75 Å².